The van der Waals surface area contributed by atoms with Crippen LogP contribution in [0.1, 0.15) is 35.8 Å². The first-order valence-electron chi connectivity index (χ1n) is 8.44. The highest BCUT2D eigenvalue weighted by molar-refractivity contribution is 7.09. The first kappa shape index (κ1) is 15.8. The third-order valence-electron chi connectivity index (χ3n) is 5.76. The van der Waals surface area contributed by atoms with Crippen molar-refractivity contribution >= 4 is 17.2 Å². The normalized spacial score (nSPS) is 24.2. The van der Waals surface area contributed by atoms with E-state index in [2.05, 4.69) is 21.2 Å². The summed E-state index contributed by atoms with van der Waals surface area (Å²) in [5.74, 6) is 0.517. The Morgan fingerprint density at radius 3 is 2.75 bits per heavy atom. The van der Waals surface area contributed by atoms with Crippen molar-refractivity contribution in [2.75, 3.05) is 20.1 Å². The molecule has 0 radical (unpaired) electrons. The molecule has 0 bridgehead atoms. The van der Waals surface area contributed by atoms with Crippen LogP contribution in [0.2, 0.25) is 0 Å². The number of aryl methyl sites for hydroxylation is 1. The number of hydrogen-bond donors (Lipinski definition) is 0. The van der Waals surface area contributed by atoms with Crippen LogP contribution in [0.25, 0.3) is 0 Å². The molecule has 7 heteroatoms. The number of hydrogen-bond acceptors (Lipinski definition) is 5. The molecule has 2 aliphatic rings. The fraction of sp³-hybridized carbons (Fsp3) is 0.588. The molecular weight excluding hydrogens is 322 g/mol. The van der Waals surface area contributed by atoms with E-state index in [-0.39, 0.29) is 17.4 Å². The van der Waals surface area contributed by atoms with E-state index >= 15 is 0 Å². The van der Waals surface area contributed by atoms with E-state index in [9.17, 15) is 4.79 Å². The van der Waals surface area contributed by atoms with Gasteiger partial charge in [-0.05, 0) is 18.4 Å². The van der Waals surface area contributed by atoms with Crippen LogP contribution in [-0.4, -0.2) is 56.1 Å². The van der Waals surface area contributed by atoms with Gasteiger partial charge in [0.2, 0.25) is 5.91 Å². The molecule has 128 valence electrons. The van der Waals surface area contributed by atoms with E-state index < -0.39 is 0 Å². The van der Waals surface area contributed by atoms with Gasteiger partial charge in [0.15, 0.2) is 0 Å². The Balaban J connectivity index is 1.53. The Bertz CT molecular complexity index is 717. The lowest BCUT2D eigenvalue weighted by Gasteiger charge is -2.46. The fourth-order valence-electron chi connectivity index (χ4n) is 4.34. The number of carbonyl (C=O) groups excluding carboxylic acids is 1. The van der Waals surface area contributed by atoms with E-state index in [1.54, 1.807) is 11.3 Å². The first-order chi connectivity index (χ1) is 11.6. The average molecular weight is 345 g/mol. The molecule has 1 amide bonds. The summed E-state index contributed by atoms with van der Waals surface area (Å²) in [5.41, 5.74) is 1.14. The van der Waals surface area contributed by atoms with E-state index in [0.29, 0.717) is 6.42 Å². The van der Waals surface area contributed by atoms with Crippen molar-refractivity contribution in [3.8, 4) is 0 Å². The summed E-state index contributed by atoms with van der Waals surface area (Å²) in [6.07, 6.45) is 8.50. The predicted octanol–water partition coefficient (Wildman–Crippen LogP) is 1.86. The van der Waals surface area contributed by atoms with Crippen molar-refractivity contribution < 1.29 is 4.79 Å². The maximum atomic E-state index is 12.5. The smallest absolute Gasteiger partial charge is 0.223 e. The summed E-state index contributed by atoms with van der Waals surface area (Å²) < 4.78 is 1.84. The van der Waals surface area contributed by atoms with Gasteiger partial charge in [0.1, 0.15) is 5.01 Å². The van der Waals surface area contributed by atoms with Crippen LogP contribution in [0.3, 0.4) is 0 Å². The topological polar surface area (TPSA) is 54.3 Å². The highest BCUT2D eigenvalue weighted by atomic mass is 32.1. The third-order valence-corrected chi connectivity index (χ3v) is 6.53. The molecule has 0 unspecified atom stereocenters. The molecule has 2 fully saturated rings. The van der Waals surface area contributed by atoms with Gasteiger partial charge in [-0.15, -0.1) is 11.3 Å². The number of thiazole rings is 1. The van der Waals surface area contributed by atoms with Crippen molar-refractivity contribution in [2.24, 2.45) is 7.05 Å². The highest BCUT2D eigenvalue weighted by Gasteiger charge is 2.52. The number of likely N-dealkylation sites (N-methyl/N-ethyl adjacent to an activating group) is 1. The molecule has 4 rings (SSSR count). The van der Waals surface area contributed by atoms with Gasteiger partial charge in [0.25, 0.3) is 0 Å². The zero-order chi connectivity index (χ0) is 16.7. The molecule has 2 aliphatic heterocycles. The SMILES string of the molecule is CN1C(=O)C[C@@H](c2cnn(C)c2)C12CCN(Cc1nccs1)CC2. The van der Waals surface area contributed by atoms with Crippen LogP contribution in [-0.2, 0) is 18.4 Å². The van der Waals surface area contributed by atoms with Gasteiger partial charge in [-0.1, -0.05) is 0 Å². The second kappa shape index (κ2) is 5.97. The molecule has 0 aliphatic carbocycles. The molecule has 2 aromatic heterocycles. The summed E-state index contributed by atoms with van der Waals surface area (Å²) in [4.78, 5) is 21.3. The van der Waals surface area contributed by atoms with Crippen molar-refractivity contribution in [3.05, 3.63) is 34.5 Å². The molecule has 1 atom stereocenters. The van der Waals surface area contributed by atoms with Gasteiger partial charge in [-0.2, -0.15) is 5.10 Å². The molecule has 2 saturated heterocycles. The second-order valence-corrected chi connectivity index (χ2v) is 7.94. The summed E-state index contributed by atoms with van der Waals surface area (Å²) in [6.45, 7) is 2.94. The lowest BCUT2D eigenvalue weighted by molar-refractivity contribution is -0.130. The van der Waals surface area contributed by atoms with Crippen LogP contribution in [0, 0.1) is 0 Å². The van der Waals surface area contributed by atoms with Crippen LogP contribution in [0.4, 0.5) is 0 Å². The Morgan fingerprint density at radius 2 is 2.12 bits per heavy atom. The maximum absolute atomic E-state index is 12.5. The number of rotatable bonds is 3. The van der Waals surface area contributed by atoms with E-state index in [4.69, 9.17) is 0 Å². The summed E-state index contributed by atoms with van der Waals surface area (Å²) >= 11 is 1.71. The highest BCUT2D eigenvalue weighted by Crippen LogP contribution is 2.48. The molecule has 24 heavy (non-hydrogen) atoms. The standard InChI is InChI=1S/C17H23N5OS/c1-20-11-13(10-19-20)14-9-16(23)21(2)17(14)3-6-22(7-4-17)12-15-18-5-8-24-15/h5,8,10-11,14H,3-4,6-7,9,12H2,1-2H3/t14-/m0/s1. The molecule has 0 saturated carbocycles. The van der Waals surface area contributed by atoms with Gasteiger partial charge >= 0.3 is 0 Å². The number of aromatic nitrogens is 3. The second-order valence-electron chi connectivity index (χ2n) is 6.96. The zero-order valence-corrected chi connectivity index (χ0v) is 15.0. The molecule has 4 heterocycles. The molecule has 6 nitrogen and oxygen atoms in total. The average Bonchev–Trinajstić information content (AvgIpc) is 3.28. The minimum Gasteiger partial charge on any atom is -0.339 e. The Hall–Kier alpha value is -1.73. The van der Waals surface area contributed by atoms with Crippen LogP contribution >= 0.6 is 11.3 Å². The first-order valence-corrected chi connectivity index (χ1v) is 9.32. The van der Waals surface area contributed by atoms with Gasteiger partial charge in [0, 0.05) is 57.3 Å². The molecular formula is C17H23N5OS. The lowest BCUT2D eigenvalue weighted by atomic mass is 9.74. The number of piperidine rings is 1. The maximum Gasteiger partial charge on any atom is 0.223 e. The van der Waals surface area contributed by atoms with E-state index in [1.807, 2.05) is 41.5 Å². The Morgan fingerprint density at radius 1 is 1.33 bits per heavy atom. The van der Waals surface area contributed by atoms with Crippen molar-refractivity contribution in [3.63, 3.8) is 0 Å². The number of amides is 1. The molecule has 0 N–H and O–H groups in total. The summed E-state index contributed by atoms with van der Waals surface area (Å²) in [5, 5.41) is 7.53. The van der Waals surface area contributed by atoms with Gasteiger partial charge in [0.05, 0.1) is 18.3 Å². The van der Waals surface area contributed by atoms with E-state index in [0.717, 1.165) is 32.5 Å². The molecule has 1 spiro atoms. The predicted molar refractivity (Wildman–Crippen MR) is 92.7 cm³/mol. The van der Waals surface area contributed by atoms with Crippen LogP contribution in [0.5, 0.6) is 0 Å². The monoisotopic (exact) mass is 345 g/mol. The lowest BCUT2D eigenvalue weighted by Crippen LogP contribution is -2.53. The van der Waals surface area contributed by atoms with Gasteiger partial charge in [-0.3, -0.25) is 14.4 Å². The van der Waals surface area contributed by atoms with E-state index in [1.165, 1.54) is 10.6 Å². The number of nitrogens with zero attached hydrogens (tertiary/aromatic N) is 5. The molecule has 2 aromatic rings. The Kier molecular flexibility index (Phi) is 3.92. The van der Waals surface area contributed by atoms with Crippen molar-refractivity contribution in [1.29, 1.82) is 0 Å². The quantitative estimate of drug-likeness (QED) is 0.852. The van der Waals surface area contributed by atoms with Gasteiger partial charge in [-0.25, -0.2) is 4.98 Å². The fourth-order valence-corrected chi connectivity index (χ4v) is 4.99. The van der Waals surface area contributed by atoms with Crippen LogP contribution in [0.15, 0.2) is 24.0 Å². The summed E-state index contributed by atoms with van der Waals surface area (Å²) in [7, 11) is 3.92. The largest absolute Gasteiger partial charge is 0.339 e. The van der Waals surface area contributed by atoms with Crippen molar-refractivity contribution in [1.82, 2.24) is 24.6 Å². The van der Waals surface area contributed by atoms with Crippen molar-refractivity contribution in [2.45, 2.75) is 37.3 Å². The third kappa shape index (κ3) is 2.56. The van der Waals surface area contributed by atoms with Gasteiger partial charge < -0.3 is 4.90 Å². The Labute approximate surface area is 146 Å². The number of carbonyl (C=O) groups is 1. The van der Waals surface area contributed by atoms with Crippen LogP contribution < -0.4 is 0 Å². The summed E-state index contributed by atoms with van der Waals surface area (Å²) in [6, 6.07) is 0. The minimum atomic E-state index is -0.0561. The number of likely N-dealkylation sites (tertiary alicyclic amines) is 2. The minimum absolute atomic E-state index is 0.0561. The molecule has 0 aromatic carbocycles. The zero-order valence-electron chi connectivity index (χ0n) is 14.2.